The molecule has 1 aliphatic carbocycles. The highest BCUT2D eigenvalue weighted by atomic mass is 16.3. The van der Waals surface area contributed by atoms with Crippen LogP contribution >= 0.6 is 0 Å². The third-order valence-corrected chi connectivity index (χ3v) is 4.51. The van der Waals surface area contributed by atoms with Crippen molar-refractivity contribution in [1.82, 2.24) is 5.32 Å². The van der Waals surface area contributed by atoms with Gasteiger partial charge in [0.05, 0.1) is 18.8 Å². The molecule has 3 N–H and O–H groups in total. The highest BCUT2D eigenvalue weighted by Crippen LogP contribution is 2.30. The van der Waals surface area contributed by atoms with Gasteiger partial charge in [-0.2, -0.15) is 0 Å². The molecule has 0 bridgehead atoms. The Morgan fingerprint density at radius 3 is 2.00 bits per heavy atom. The van der Waals surface area contributed by atoms with Gasteiger partial charge in [0.15, 0.2) is 0 Å². The first kappa shape index (κ1) is 14.9. The second-order valence-corrected chi connectivity index (χ2v) is 5.95. The molecule has 1 fully saturated rings. The summed E-state index contributed by atoms with van der Waals surface area (Å²) in [6, 6.07) is 0.462. The highest BCUT2D eigenvalue weighted by Gasteiger charge is 2.31. The largest absolute Gasteiger partial charge is 0.394 e. The summed E-state index contributed by atoms with van der Waals surface area (Å²) >= 11 is 0. The van der Waals surface area contributed by atoms with Gasteiger partial charge in [0.1, 0.15) is 0 Å². The summed E-state index contributed by atoms with van der Waals surface area (Å²) in [6.07, 6.45) is 5.65. The molecule has 1 rings (SSSR count). The lowest BCUT2D eigenvalue weighted by Gasteiger charge is -2.38. The molecule has 0 aromatic rings. The Bertz CT molecular complexity index is 198. The van der Waals surface area contributed by atoms with Crippen LogP contribution in [0.15, 0.2) is 0 Å². The van der Waals surface area contributed by atoms with E-state index in [1.54, 1.807) is 0 Å². The number of nitrogens with one attached hydrogen (secondary N) is 1. The molecule has 0 unspecified atom stereocenters. The molecule has 0 heterocycles. The van der Waals surface area contributed by atoms with E-state index in [1.165, 1.54) is 25.7 Å². The molecule has 0 aromatic carbocycles. The first-order valence-electron chi connectivity index (χ1n) is 7.06. The molecule has 3 nitrogen and oxygen atoms in total. The van der Waals surface area contributed by atoms with Crippen LogP contribution in [0.3, 0.4) is 0 Å². The number of rotatable bonds is 6. The Hall–Kier alpha value is -0.120. The molecule has 1 aliphatic rings. The maximum absolute atomic E-state index is 9.42. The van der Waals surface area contributed by atoms with Crippen molar-refractivity contribution in [2.24, 2.45) is 11.8 Å². The summed E-state index contributed by atoms with van der Waals surface area (Å²) in [4.78, 5) is 0. The Labute approximate surface area is 106 Å². The van der Waals surface area contributed by atoms with Gasteiger partial charge in [-0.25, -0.2) is 0 Å². The van der Waals surface area contributed by atoms with Crippen LogP contribution in [-0.2, 0) is 0 Å². The number of aliphatic hydroxyl groups is 2. The Balaban J connectivity index is 2.44. The van der Waals surface area contributed by atoms with Crippen molar-refractivity contribution in [2.45, 2.75) is 64.5 Å². The monoisotopic (exact) mass is 243 g/mol. The summed E-state index contributed by atoms with van der Waals surface area (Å²) in [7, 11) is 0. The van der Waals surface area contributed by atoms with E-state index in [2.05, 4.69) is 19.2 Å². The van der Waals surface area contributed by atoms with E-state index in [0.29, 0.717) is 6.04 Å². The van der Waals surface area contributed by atoms with Gasteiger partial charge in [-0.1, -0.05) is 20.8 Å². The van der Waals surface area contributed by atoms with Crippen molar-refractivity contribution in [3.63, 3.8) is 0 Å². The van der Waals surface area contributed by atoms with Gasteiger partial charge >= 0.3 is 0 Å². The summed E-state index contributed by atoms with van der Waals surface area (Å²) in [5, 5.41) is 22.3. The van der Waals surface area contributed by atoms with Crippen molar-refractivity contribution >= 4 is 0 Å². The molecule has 3 heteroatoms. The second kappa shape index (κ2) is 6.72. The third-order valence-electron chi connectivity index (χ3n) is 4.51. The van der Waals surface area contributed by atoms with Crippen LogP contribution in [0.4, 0.5) is 0 Å². The van der Waals surface area contributed by atoms with Crippen LogP contribution in [-0.4, -0.2) is 35.0 Å². The molecular weight excluding hydrogens is 214 g/mol. The lowest BCUT2D eigenvalue weighted by atomic mass is 9.79. The fourth-order valence-corrected chi connectivity index (χ4v) is 2.83. The topological polar surface area (TPSA) is 52.5 Å². The summed E-state index contributed by atoms with van der Waals surface area (Å²) in [5.74, 6) is 1.63. The normalized spacial score (nSPS) is 26.5. The predicted octanol–water partition coefficient (Wildman–Crippen LogP) is 1.92. The van der Waals surface area contributed by atoms with Crippen LogP contribution in [0.25, 0.3) is 0 Å². The van der Waals surface area contributed by atoms with Crippen molar-refractivity contribution in [2.75, 3.05) is 13.2 Å². The molecule has 0 radical (unpaired) electrons. The maximum atomic E-state index is 9.42. The predicted molar refractivity (Wildman–Crippen MR) is 70.9 cm³/mol. The number of aliphatic hydroxyl groups excluding tert-OH is 2. The van der Waals surface area contributed by atoms with E-state index >= 15 is 0 Å². The zero-order chi connectivity index (χ0) is 12.9. The first-order valence-corrected chi connectivity index (χ1v) is 7.06. The van der Waals surface area contributed by atoms with Crippen LogP contribution in [0.1, 0.15) is 52.9 Å². The SMILES string of the molecule is CCC(CO)(CO)NC1CCC(C(C)C)CC1. The molecule has 0 aliphatic heterocycles. The zero-order valence-electron chi connectivity index (χ0n) is 11.6. The van der Waals surface area contributed by atoms with E-state index in [9.17, 15) is 10.2 Å². The van der Waals surface area contributed by atoms with Crippen LogP contribution in [0, 0.1) is 11.8 Å². The maximum Gasteiger partial charge on any atom is 0.0647 e. The molecule has 0 saturated heterocycles. The van der Waals surface area contributed by atoms with Crippen molar-refractivity contribution in [1.29, 1.82) is 0 Å². The van der Waals surface area contributed by atoms with E-state index in [1.807, 2.05) is 6.92 Å². The fourth-order valence-electron chi connectivity index (χ4n) is 2.83. The zero-order valence-corrected chi connectivity index (χ0v) is 11.6. The van der Waals surface area contributed by atoms with E-state index in [-0.39, 0.29) is 13.2 Å². The van der Waals surface area contributed by atoms with E-state index in [0.717, 1.165) is 18.3 Å². The van der Waals surface area contributed by atoms with E-state index in [4.69, 9.17) is 0 Å². The van der Waals surface area contributed by atoms with Crippen molar-refractivity contribution in [3.8, 4) is 0 Å². The van der Waals surface area contributed by atoms with Gasteiger partial charge in [0.2, 0.25) is 0 Å². The Morgan fingerprint density at radius 1 is 1.12 bits per heavy atom. The van der Waals surface area contributed by atoms with Gasteiger partial charge in [0.25, 0.3) is 0 Å². The standard InChI is InChI=1S/C14H29NO2/c1-4-14(9-16,10-17)15-13-7-5-12(6-8-13)11(2)3/h11-13,15-17H,4-10H2,1-3H3. The smallest absolute Gasteiger partial charge is 0.0647 e. The Kier molecular flexibility index (Phi) is 5.90. The Morgan fingerprint density at radius 2 is 1.65 bits per heavy atom. The minimum atomic E-state index is -0.477. The molecule has 17 heavy (non-hydrogen) atoms. The van der Waals surface area contributed by atoms with Gasteiger partial charge in [-0.15, -0.1) is 0 Å². The molecule has 0 aromatic heterocycles. The average molecular weight is 243 g/mol. The number of hydrogen-bond acceptors (Lipinski definition) is 3. The van der Waals surface area contributed by atoms with Gasteiger partial charge in [-0.3, -0.25) is 0 Å². The second-order valence-electron chi connectivity index (χ2n) is 5.95. The molecule has 0 amide bonds. The summed E-state index contributed by atoms with van der Waals surface area (Å²) in [6.45, 7) is 6.65. The molecule has 102 valence electrons. The number of hydrogen-bond donors (Lipinski definition) is 3. The summed E-state index contributed by atoms with van der Waals surface area (Å²) < 4.78 is 0. The first-order chi connectivity index (χ1) is 8.06. The lowest BCUT2D eigenvalue weighted by molar-refractivity contribution is 0.0678. The van der Waals surface area contributed by atoms with Gasteiger partial charge in [0, 0.05) is 6.04 Å². The minimum absolute atomic E-state index is 0.0180. The third kappa shape index (κ3) is 3.94. The van der Waals surface area contributed by atoms with Crippen molar-refractivity contribution in [3.05, 3.63) is 0 Å². The molecule has 0 atom stereocenters. The lowest BCUT2D eigenvalue weighted by Crippen LogP contribution is -2.56. The highest BCUT2D eigenvalue weighted by molar-refractivity contribution is 4.90. The minimum Gasteiger partial charge on any atom is -0.394 e. The van der Waals surface area contributed by atoms with Crippen LogP contribution in [0.5, 0.6) is 0 Å². The molecular formula is C14H29NO2. The fraction of sp³-hybridized carbons (Fsp3) is 1.00. The van der Waals surface area contributed by atoms with Gasteiger partial charge in [-0.05, 0) is 43.9 Å². The van der Waals surface area contributed by atoms with Crippen molar-refractivity contribution < 1.29 is 10.2 Å². The average Bonchev–Trinajstić information content (AvgIpc) is 2.37. The van der Waals surface area contributed by atoms with E-state index < -0.39 is 5.54 Å². The van der Waals surface area contributed by atoms with Crippen LogP contribution in [0.2, 0.25) is 0 Å². The summed E-state index contributed by atoms with van der Waals surface area (Å²) in [5.41, 5.74) is -0.477. The van der Waals surface area contributed by atoms with Crippen LogP contribution < -0.4 is 5.32 Å². The molecule has 1 saturated carbocycles. The molecule has 0 spiro atoms. The van der Waals surface area contributed by atoms with Gasteiger partial charge < -0.3 is 15.5 Å². The quantitative estimate of drug-likeness (QED) is 0.668.